The molecule has 0 radical (unpaired) electrons. The van der Waals surface area contributed by atoms with Crippen LogP contribution in [0.15, 0.2) is 33.3 Å². The van der Waals surface area contributed by atoms with Crippen molar-refractivity contribution < 1.29 is 4.42 Å². The van der Waals surface area contributed by atoms with E-state index in [4.69, 9.17) is 4.42 Å². The number of rotatable bonds is 5. The SMILES string of the molecule is c1csc(-c2nc(CSc3nnnn3C3CCCC3)co2)c1. The van der Waals surface area contributed by atoms with E-state index in [0.29, 0.717) is 17.7 Å². The summed E-state index contributed by atoms with van der Waals surface area (Å²) in [5.74, 6) is 1.39. The fraction of sp³-hybridized carbons (Fsp3) is 0.429. The summed E-state index contributed by atoms with van der Waals surface area (Å²) in [6, 6.07) is 4.46. The van der Waals surface area contributed by atoms with Gasteiger partial charge in [-0.2, -0.15) is 0 Å². The van der Waals surface area contributed by atoms with Gasteiger partial charge in [0.1, 0.15) is 6.26 Å². The van der Waals surface area contributed by atoms with E-state index in [1.807, 2.05) is 22.2 Å². The van der Waals surface area contributed by atoms with Gasteiger partial charge in [0.15, 0.2) is 0 Å². The molecule has 1 aliphatic rings. The van der Waals surface area contributed by atoms with Crippen molar-refractivity contribution in [1.29, 1.82) is 0 Å². The number of nitrogens with zero attached hydrogens (tertiary/aromatic N) is 5. The highest BCUT2D eigenvalue weighted by Crippen LogP contribution is 2.32. The Morgan fingerprint density at radius 3 is 3.09 bits per heavy atom. The molecule has 0 N–H and O–H groups in total. The van der Waals surface area contributed by atoms with Gasteiger partial charge >= 0.3 is 0 Å². The predicted octanol–water partition coefficient (Wildman–Crippen LogP) is 3.80. The summed E-state index contributed by atoms with van der Waals surface area (Å²) in [6.45, 7) is 0. The summed E-state index contributed by atoms with van der Waals surface area (Å²) >= 11 is 3.24. The average Bonchev–Trinajstić information content (AvgIpc) is 3.33. The van der Waals surface area contributed by atoms with E-state index in [0.717, 1.165) is 15.7 Å². The maximum atomic E-state index is 5.54. The van der Waals surface area contributed by atoms with Crippen molar-refractivity contribution in [3.05, 3.63) is 29.5 Å². The molecule has 0 atom stereocenters. The maximum Gasteiger partial charge on any atom is 0.236 e. The minimum atomic E-state index is 0.455. The molecule has 0 unspecified atom stereocenters. The van der Waals surface area contributed by atoms with Crippen molar-refractivity contribution in [3.63, 3.8) is 0 Å². The molecule has 0 aliphatic heterocycles. The summed E-state index contributed by atoms with van der Waals surface area (Å²) in [5.41, 5.74) is 0.911. The Morgan fingerprint density at radius 1 is 1.36 bits per heavy atom. The monoisotopic (exact) mass is 333 g/mol. The molecule has 114 valence electrons. The maximum absolute atomic E-state index is 5.54. The fourth-order valence-electron chi connectivity index (χ4n) is 2.68. The topological polar surface area (TPSA) is 69.6 Å². The van der Waals surface area contributed by atoms with Crippen LogP contribution in [-0.2, 0) is 5.75 Å². The van der Waals surface area contributed by atoms with E-state index >= 15 is 0 Å². The normalized spacial score (nSPS) is 15.6. The predicted molar refractivity (Wildman–Crippen MR) is 84.7 cm³/mol. The lowest BCUT2D eigenvalue weighted by atomic mass is 10.3. The largest absolute Gasteiger partial charge is 0.444 e. The molecule has 3 aromatic heterocycles. The molecule has 1 saturated carbocycles. The third-order valence-corrected chi connectivity index (χ3v) is 5.59. The molecule has 3 aromatic rings. The molecule has 3 heterocycles. The minimum Gasteiger partial charge on any atom is -0.444 e. The Labute approximate surface area is 135 Å². The highest BCUT2D eigenvalue weighted by molar-refractivity contribution is 7.98. The van der Waals surface area contributed by atoms with Gasteiger partial charge in [-0.1, -0.05) is 30.7 Å². The third-order valence-electron chi connectivity index (χ3n) is 3.77. The van der Waals surface area contributed by atoms with Gasteiger partial charge < -0.3 is 4.42 Å². The van der Waals surface area contributed by atoms with Crippen LogP contribution in [0.3, 0.4) is 0 Å². The van der Waals surface area contributed by atoms with Crippen molar-refractivity contribution in [3.8, 4) is 10.8 Å². The van der Waals surface area contributed by atoms with Gasteiger partial charge in [0.05, 0.1) is 16.6 Å². The van der Waals surface area contributed by atoms with E-state index in [1.165, 1.54) is 25.7 Å². The van der Waals surface area contributed by atoms with Crippen LogP contribution < -0.4 is 0 Å². The molecule has 6 nitrogen and oxygen atoms in total. The van der Waals surface area contributed by atoms with E-state index in [2.05, 4.69) is 20.5 Å². The van der Waals surface area contributed by atoms with Crippen molar-refractivity contribution >= 4 is 23.1 Å². The first-order chi connectivity index (χ1) is 10.9. The minimum absolute atomic E-state index is 0.455. The Balaban J connectivity index is 1.44. The Bertz CT molecular complexity index is 730. The number of oxazole rings is 1. The Morgan fingerprint density at radius 2 is 2.27 bits per heavy atom. The molecular formula is C14H15N5OS2. The number of aromatic nitrogens is 5. The molecule has 0 bridgehead atoms. The first-order valence-electron chi connectivity index (χ1n) is 7.29. The lowest BCUT2D eigenvalue weighted by Crippen LogP contribution is -2.08. The Kier molecular flexibility index (Phi) is 3.94. The number of thiophene rings is 1. The van der Waals surface area contributed by atoms with Crippen molar-refractivity contribution in [2.24, 2.45) is 0 Å². The molecular weight excluding hydrogens is 318 g/mol. The second kappa shape index (κ2) is 6.21. The average molecular weight is 333 g/mol. The van der Waals surface area contributed by atoms with E-state index in [-0.39, 0.29) is 0 Å². The highest BCUT2D eigenvalue weighted by Gasteiger charge is 2.21. The fourth-order valence-corrected chi connectivity index (χ4v) is 4.16. The standard InChI is InChI=1S/C14H15N5OS2/c1-2-5-11(4-1)19-14(16-17-18-19)22-9-10-8-20-13(15-10)12-6-3-7-21-12/h3,6-8,11H,1-2,4-5,9H2. The molecule has 8 heteroatoms. The van der Waals surface area contributed by atoms with Crippen LogP contribution in [0.2, 0.25) is 0 Å². The van der Waals surface area contributed by atoms with Gasteiger partial charge in [-0.25, -0.2) is 9.67 Å². The van der Waals surface area contributed by atoms with Gasteiger partial charge in [-0.3, -0.25) is 0 Å². The molecule has 0 spiro atoms. The van der Waals surface area contributed by atoms with Crippen molar-refractivity contribution in [2.45, 2.75) is 42.6 Å². The van der Waals surface area contributed by atoms with Crippen LogP contribution in [-0.4, -0.2) is 25.2 Å². The Hall–Kier alpha value is -1.67. The number of thioether (sulfide) groups is 1. The molecule has 1 aliphatic carbocycles. The van der Waals surface area contributed by atoms with E-state index in [9.17, 15) is 0 Å². The molecule has 0 aromatic carbocycles. The zero-order valence-electron chi connectivity index (χ0n) is 11.9. The zero-order valence-corrected chi connectivity index (χ0v) is 13.5. The van der Waals surface area contributed by atoms with Crippen LogP contribution in [0.1, 0.15) is 37.4 Å². The van der Waals surface area contributed by atoms with Crippen LogP contribution in [0, 0.1) is 0 Å². The second-order valence-corrected chi connectivity index (χ2v) is 7.14. The summed E-state index contributed by atoms with van der Waals surface area (Å²) in [4.78, 5) is 5.57. The molecule has 4 rings (SSSR count). The lowest BCUT2D eigenvalue weighted by Gasteiger charge is -2.09. The van der Waals surface area contributed by atoms with Gasteiger partial charge in [0.25, 0.3) is 0 Å². The second-order valence-electron chi connectivity index (χ2n) is 5.25. The highest BCUT2D eigenvalue weighted by atomic mass is 32.2. The van der Waals surface area contributed by atoms with Gasteiger partial charge in [-0.15, -0.1) is 16.4 Å². The van der Waals surface area contributed by atoms with Crippen LogP contribution in [0.25, 0.3) is 10.8 Å². The number of tetrazole rings is 1. The molecule has 0 amide bonds. The number of hydrogen-bond acceptors (Lipinski definition) is 7. The first kappa shape index (κ1) is 14.0. The van der Waals surface area contributed by atoms with Crippen molar-refractivity contribution in [1.82, 2.24) is 25.2 Å². The van der Waals surface area contributed by atoms with E-state index in [1.54, 1.807) is 29.4 Å². The summed E-state index contributed by atoms with van der Waals surface area (Å²) in [7, 11) is 0. The van der Waals surface area contributed by atoms with Crippen LogP contribution in [0.4, 0.5) is 0 Å². The van der Waals surface area contributed by atoms with Gasteiger partial charge in [0.2, 0.25) is 11.0 Å². The summed E-state index contributed by atoms with van der Waals surface area (Å²) in [6.07, 6.45) is 6.59. The van der Waals surface area contributed by atoms with Crippen molar-refractivity contribution in [2.75, 3.05) is 0 Å². The number of hydrogen-bond donors (Lipinski definition) is 0. The smallest absolute Gasteiger partial charge is 0.236 e. The van der Waals surface area contributed by atoms with E-state index < -0.39 is 0 Å². The molecule has 0 saturated heterocycles. The lowest BCUT2D eigenvalue weighted by molar-refractivity contribution is 0.423. The first-order valence-corrected chi connectivity index (χ1v) is 9.15. The van der Waals surface area contributed by atoms with Crippen LogP contribution in [0.5, 0.6) is 0 Å². The van der Waals surface area contributed by atoms with Gasteiger partial charge in [0, 0.05) is 5.75 Å². The van der Waals surface area contributed by atoms with Gasteiger partial charge in [-0.05, 0) is 34.7 Å². The third kappa shape index (κ3) is 2.80. The molecule has 1 fully saturated rings. The zero-order chi connectivity index (χ0) is 14.8. The summed E-state index contributed by atoms with van der Waals surface area (Å²) < 4.78 is 7.51. The molecule has 22 heavy (non-hydrogen) atoms. The van der Waals surface area contributed by atoms with Crippen LogP contribution >= 0.6 is 23.1 Å². The summed E-state index contributed by atoms with van der Waals surface area (Å²) in [5, 5.41) is 15.0. The quantitative estimate of drug-likeness (QED) is 0.662.